The topological polar surface area (TPSA) is 91.4 Å². The number of anilines is 2. The highest BCUT2D eigenvalue weighted by molar-refractivity contribution is 5.95. The lowest BCUT2D eigenvalue weighted by atomic mass is 10.2. The third kappa shape index (κ3) is 6.06. The molecule has 7 heteroatoms. The molecule has 0 fully saturated rings. The Morgan fingerprint density at radius 3 is 2.12 bits per heavy atom. The highest BCUT2D eigenvalue weighted by Crippen LogP contribution is 2.13. The van der Waals surface area contributed by atoms with Crippen molar-refractivity contribution in [2.24, 2.45) is 0 Å². The summed E-state index contributed by atoms with van der Waals surface area (Å²) in [6, 6.07) is 12.2. The third-order valence-electron chi connectivity index (χ3n) is 3.35. The van der Waals surface area contributed by atoms with Gasteiger partial charge in [-0.3, -0.25) is 19.4 Å². The summed E-state index contributed by atoms with van der Waals surface area (Å²) in [5.74, 6) is -0.677. The largest absolute Gasteiger partial charge is 0.328 e. The molecule has 0 spiro atoms. The van der Waals surface area contributed by atoms with Crippen molar-refractivity contribution in [3.63, 3.8) is 0 Å². The summed E-state index contributed by atoms with van der Waals surface area (Å²) in [6.45, 7) is 3.04. The molecule has 0 saturated carbocycles. The summed E-state index contributed by atoms with van der Waals surface area (Å²) in [7, 11) is 0. The Kier molecular flexibility index (Phi) is 6.22. The number of hydrogen-bond donors (Lipinski definition) is 2. The number of hydrogen-bond acceptors (Lipinski definition) is 4. The molecule has 2 aromatic rings. The Labute approximate surface area is 146 Å². The van der Waals surface area contributed by atoms with E-state index in [1.807, 2.05) is 6.07 Å². The van der Waals surface area contributed by atoms with Gasteiger partial charge in [-0.25, -0.2) is 0 Å². The molecule has 130 valence electrons. The van der Waals surface area contributed by atoms with Crippen LogP contribution in [0.1, 0.15) is 19.5 Å². The molecule has 0 radical (unpaired) electrons. The summed E-state index contributed by atoms with van der Waals surface area (Å²) in [6.07, 6.45) is 1.64. The van der Waals surface area contributed by atoms with Crippen LogP contribution in [0.3, 0.4) is 0 Å². The highest BCUT2D eigenvalue weighted by atomic mass is 16.2. The Morgan fingerprint density at radius 1 is 0.960 bits per heavy atom. The average molecular weight is 340 g/mol. The minimum absolute atomic E-state index is 0.0701. The molecule has 2 rings (SSSR count). The average Bonchev–Trinajstić information content (AvgIpc) is 2.56. The molecular weight excluding hydrogens is 320 g/mol. The van der Waals surface area contributed by atoms with Crippen molar-refractivity contribution < 1.29 is 14.4 Å². The Balaban J connectivity index is 1.94. The van der Waals surface area contributed by atoms with Crippen LogP contribution < -0.4 is 10.6 Å². The van der Waals surface area contributed by atoms with Gasteiger partial charge in [0.1, 0.15) is 6.54 Å². The normalized spacial score (nSPS) is 10.0. The van der Waals surface area contributed by atoms with Crippen LogP contribution in [0.15, 0.2) is 48.7 Å². The number of carbonyl (C=O) groups is 3. The van der Waals surface area contributed by atoms with E-state index in [0.717, 1.165) is 0 Å². The maximum absolute atomic E-state index is 12.2. The van der Waals surface area contributed by atoms with Gasteiger partial charge in [-0.2, -0.15) is 0 Å². The fourth-order valence-corrected chi connectivity index (χ4v) is 2.18. The van der Waals surface area contributed by atoms with E-state index in [-0.39, 0.29) is 30.8 Å². The first-order valence-electron chi connectivity index (χ1n) is 7.77. The SMILES string of the molecule is CC(=O)Nc1ccc(NC(=O)CN(Cc2ccccn2)C(C)=O)cc1. The minimum atomic E-state index is -0.307. The number of amides is 3. The molecule has 0 atom stereocenters. The van der Waals surface area contributed by atoms with Crippen LogP contribution in [0.25, 0.3) is 0 Å². The zero-order valence-corrected chi connectivity index (χ0v) is 14.2. The molecule has 1 heterocycles. The lowest BCUT2D eigenvalue weighted by Gasteiger charge is -2.20. The predicted octanol–water partition coefficient (Wildman–Crippen LogP) is 2.03. The van der Waals surface area contributed by atoms with Crippen LogP contribution in [0.2, 0.25) is 0 Å². The first-order valence-corrected chi connectivity index (χ1v) is 7.77. The van der Waals surface area contributed by atoms with E-state index in [9.17, 15) is 14.4 Å². The molecule has 0 unspecified atom stereocenters. The van der Waals surface area contributed by atoms with E-state index >= 15 is 0 Å². The molecule has 0 saturated heterocycles. The van der Waals surface area contributed by atoms with Gasteiger partial charge in [0.2, 0.25) is 17.7 Å². The summed E-state index contributed by atoms with van der Waals surface area (Å²) in [4.78, 5) is 40.5. The summed E-state index contributed by atoms with van der Waals surface area (Å²) < 4.78 is 0. The van der Waals surface area contributed by atoms with Crippen LogP contribution in [-0.4, -0.2) is 34.2 Å². The van der Waals surface area contributed by atoms with Crippen LogP contribution in [0, 0.1) is 0 Å². The Bertz CT molecular complexity index is 745. The maximum atomic E-state index is 12.2. The van der Waals surface area contributed by atoms with Gasteiger partial charge in [0.15, 0.2) is 0 Å². The number of carbonyl (C=O) groups excluding carboxylic acids is 3. The number of nitrogens with zero attached hydrogens (tertiary/aromatic N) is 2. The summed E-state index contributed by atoms with van der Waals surface area (Å²) >= 11 is 0. The first-order chi connectivity index (χ1) is 11.9. The van der Waals surface area contributed by atoms with Gasteiger partial charge in [0.25, 0.3) is 0 Å². The van der Waals surface area contributed by atoms with E-state index in [0.29, 0.717) is 17.1 Å². The Morgan fingerprint density at radius 2 is 1.60 bits per heavy atom. The van der Waals surface area contributed by atoms with Gasteiger partial charge in [-0.1, -0.05) is 6.07 Å². The van der Waals surface area contributed by atoms with Gasteiger partial charge >= 0.3 is 0 Å². The van der Waals surface area contributed by atoms with Crippen LogP contribution in [0.5, 0.6) is 0 Å². The van der Waals surface area contributed by atoms with Crippen molar-refractivity contribution in [2.75, 3.05) is 17.2 Å². The molecule has 0 aliphatic heterocycles. The van der Waals surface area contributed by atoms with Crippen molar-refractivity contribution in [3.8, 4) is 0 Å². The van der Waals surface area contributed by atoms with E-state index in [2.05, 4.69) is 15.6 Å². The summed E-state index contributed by atoms with van der Waals surface area (Å²) in [5, 5.41) is 5.38. The fraction of sp³-hybridized carbons (Fsp3) is 0.222. The van der Waals surface area contributed by atoms with E-state index in [1.165, 1.54) is 18.7 Å². The predicted molar refractivity (Wildman–Crippen MR) is 94.7 cm³/mol. The zero-order chi connectivity index (χ0) is 18.2. The molecular formula is C18H20N4O3. The van der Waals surface area contributed by atoms with Crippen molar-refractivity contribution in [1.82, 2.24) is 9.88 Å². The lowest BCUT2D eigenvalue weighted by Crippen LogP contribution is -2.36. The second-order valence-corrected chi connectivity index (χ2v) is 5.50. The molecule has 3 amide bonds. The van der Waals surface area contributed by atoms with Gasteiger partial charge in [-0.15, -0.1) is 0 Å². The van der Waals surface area contributed by atoms with Crippen molar-refractivity contribution in [3.05, 3.63) is 54.4 Å². The van der Waals surface area contributed by atoms with Crippen molar-refractivity contribution >= 4 is 29.1 Å². The molecule has 7 nitrogen and oxygen atoms in total. The fourth-order valence-electron chi connectivity index (χ4n) is 2.18. The number of benzene rings is 1. The first kappa shape index (κ1) is 18.1. The maximum Gasteiger partial charge on any atom is 0.244 e. The van der Waals surface area contributed by atoms with Crippen LogP contribution in [-0.2, 0) is 20.9 Å². The number of aromatic nitrogens is 1. The second-order valence-electron chi connectivity index (χ2n) is 5.50. The van der Waals surface area contributed by atoms with E-state index < -0.39 is 0 Å². The lowest BCUT2D eigenvalue weighted by molar-refractivity contribution is -0.133. The third-order valence-corrected chi connectivity index (χ3v) is 3.35. The summed E-state index contributed by atoms with van der Waals surface area (Å²) in [5.41, 5.74) is 1.94. The molecule has 0 aliphatic rings. The molecule has 25 heavy (non-hydrogen) atoms. The number of rotatable bonds is 6. The monoisotopic (exact) mass is 340 g/mol. The number of nitrogens with one attached hydrogen (secondary N) is 2. The molecule has 2 N–H and O–H groups in total. The van der Waals surface area contributed by atoms with Crippen LogP contribution in [0.4, 0.5) is 11.4 Å². The van der Waals surface area contributed by atoms with Gasteiger partial charge in [-0.05, 0) is 36.4 Å². The molecule has 0 bridgehead atoms. The van der Waals surface area contributed by atoms with Gasteiger partial charge < -0.3 is 15.5 Å². The highest BCUT2D eigenvalue weighted by Gasteiger charge is 2.14. The van der Waals surface area contributed by atoms with E-state index in [1.54, 1.807) is 42.6 Å². The molecule has 0 aliphatic carbocycles. The van der Waals surface area contributed by atoms with Gasteiger partial charge in [0, 0.05) is 31.4 Å². The minimum Gasteiger partial charge on any atom is -0.328 e. The van der Waals surface area contributed by atoms with Gasteiger partial charge in [0.05, 0.1) is 12.2 Å². The quantitative estimate of drug-likeness (QED) is 0.842. The van der Waals surface area contributed by atoms with Crippen molar-refractivity contribution in [2.45, 2.75) is 20.4 Å². The molecule has 1 aromatic carbocycles. The van der Waals surface area contributed by atoms with Crippen molar-refractivity contribution in [1.29, 1.82) is 0 Å². The molecule has 1 aromatic heterocycles. The number of pyridine rings is 1. The van der Waals surface area contributed by atoms with E-state index in [4.69, 9.17) is 0 Å². The van der Waals surface area contributed by atoms with Crippen LogP contribution >= 0.6 is 0 Å². The zero-order valence-electron chi connectivity index (χ0n) is 14.2. The standard InChI is InChI=1S/C18H20N4O3/c1-13(23)20-15-6-8-16(9-7-15)21-18(25)12-22(14(2)24)11-17-5-3-4-10-19-17/h3-10H,11-12H2,1-2H3,(H,20,23)(H,21,25). The smallest absolute Gasteiger partial charge is 0.244 e. The second kappa shape index (κ2) is 8.58. The Hall–Kier alpha value is -3.22.